The Bertz CT molecular complexity index is 871. The lowest BCUT2D eigenvalue weighted by atomic mass is 9.90. The van der Waals surface area contributed by atoms with Gasteiger partial charge in [0.2, 0.25) is 5.13 Å². The number of nitrogens with zero attached hydrogens (tertiary/aromatic N) is 2. The molecule has 0 spiro atoms. The molecule has 1 aliphatic rings. The largest absolute Gasteiger partial charge is 0.253 e. The van der Waals surface area contributed by atoms with Gasteiger partial charge in [0.1, 0.15) is 0 Å². The Balaban J connectivity index is 1.50. The molecule has 1 heterocycles. The summed E-state index contributed by atoms with van der Waals surface area (Å²) in [6, 6.07) is 14.9. The van der Waals surface area contributed by atoms with Crippen molar-refractivity contribution in [2.45, 2.75) is 32.6 Å². The van der Waals surface area contributed by atoms with Crippen LogP contribution in [0.2, 0.25) is 0 Å². The molecule has 0 radical (unpaired) electrons. The first-order chi connectivity index (χ1) is 11.8. The van der Waals surface area contributed by atoms with E-state index in [0.717, 1.165) is 35.1 Å². The minimum atomic E-state index is 0.836. The van der Waals surface area contributed by atoms with Crippen LogP contribution in [0.1, 0.15) is 32.6 Å². The first-order valence-corrected chi connectivity index (χ1v) is 9.42. The molecule has 4 rings (SSSR count). The van der Waals surface area contributed by atoms with Gasteiger partial charge in [-0.2, -0.15) is 5.10 Å². The summed E-state index contributed by atoms with van der Waals surface area (Å²) in [5.41, 5.74) is 6.58. The summed E-state index contributed by atoms with van der Waals surface area (Å²) in [6.45, 7) is 2.32. The number of nitrogens with one attached hydrogen (secondary N) is 1. The maximum Gasteiger partial charge on any atom is 0.203 e. The number of anilines is 1. The van der Waals surface area contributed by atoms with Gasteiger partial charge in [-0.15, -0.1) is 11.3 Å². The zero-order valence-electron chi connectivity index (χ0n) is 13.8. The van der Waals surface area contributed by atoms with Crippen molar-refractivity contribution in [2.75, 3.05) is 5.43 Å². The standard InChI is InChI=1S/C20H21N3S/c1-14-6-10-18(11-7-14)22-23-20-21-19(13-24-20)17-9-8-15-4-2-3-5-16(15)12-17/h2-5,8-9,12-14H,6-7,10-11H2,1H3,(H,21,23). The Morgan fingerprint density at radius 1 is 1.08 bits per heavy atom. The van der Waals surface area contributed by atoms with Crippen LogP contribution in [0, 0.1) is 5.92 Å². The molecule has 4 heteroatoms. The van der Waals surface area contributed by atoms with Crippen LogP contribution in [0.4, 0.5) is 5.13 Å². The predicted octanol–water partition coefficient (Wildman–Crippen LogP) is 5.94. The van der Waals surface area contributed by atoms with E-state index in [-0.39, 0.29) is 0 Å². The summed E-state index contributed by atoms with van der Waals surface area (Å²) < 4.78 is 0. The highest BCUT2D eigenvalue weighted by Gasteiger charge is 2.13. The fourth-order valence-corrected chi connectivity index (χ4v) is 3.80. The fraction of sp³-hybridized carbons (Fsp3) is 0.300. The molecule has 1 saturated carbocycles. The van der Waals surface area contributed by atoms with Crippen molar-refractivity contribution in [1.82, 2.24) is 4.98 Å². The average Bonchev–Trinajstić information content (AvgIpc) is 3.10. The summed E-state index contributed by atoms with van der Waals surface area (Å²) in [4.78, 5) is 4.69. The first-order valence-electron chi connectivity index (χ1n) is 8.54. The number of benzene rings is 2. The molecule has 0 unspecified atom stereocenters. The van der Waals surface area contributed by atoms with Gasteiger partial charge >= 0.3 is 0 Å². The van der Waals surface area contributed by atoms with E-state index in [1.54, 1.807) is 11.3 Å². The molecule has 24 heavy (non-hydrogen) atoms. The lowest BCUT2D eigenvalue weighted by Crippen LogP contribution is -2.12. The van der Waals surface area contributed by atoms with E-state index in [1.807, 2.05) is 0 Å². The number of rotatable bonds is 3. The van der Waals surface area contributed by atoms with Gasteiger partial charge in [-0.1, -0.05) is 43.3 Å². The fourth-order valence-electron chi connectivity index (χ4n) is 3.14. The number of aromatic nitrogens is 1. The van der Waals surface area contributed by atoms with Crippen LogP contribution in [0.3, 0.4) is 0 Å². The van der Waals surface area contributed by atoms with Crippen LogP contribution in [0.15, 0.2) is 52.9 Å². The number of hydrazone groups is 1. The normalized spacial score (nSPS) is 17.9. The second kappa shape index (κ2) is 6.73. The third-order valence-electron chi connectivity index (χ3n) is 4.71. The smallest absolute Gasteiger partial charge is 0.203 e. The lowest BCUT2D eigenvalue weighted by Gasteiger charge is -2.18. The zero-order chi connectivity index (χ0) is 16.4. The summed E-state index contributed by atoms with van der Waals surface area (Å²) >= 11 is 1.61. The average molecular weight is 335 g/mol. The van der Waals surface area contributed by atoms with Crippen LogP contribution >= 0.6 is 11.3 Å². The van der Waals surface area contributed by atoms with Gasteiger partial charge in [0, 0.05) is 16.7 Å². The van der Waals surface area contributed by atoms with Crippen LogP contribution in [-0.4, -0.2) is 10.7 Å². The Labute approximate surface area is 146 Å². The second-order valence-electron chi connectivity index (χ2n) is 6.57. The zero-order valence-corrected chi connectivity index (χ0v) is 14.6. The number of hydrogen-bond donors (Lipinski definition) is 1. The predicted molar refractivity (Wildman–Crippen MR) is 104 cm³/mol. The Morgan fingerprint density at radius 2 is 1.88 bits per heavy atom. The van der Waals surface area contributed by atoms with Crippen molar-refractivity contribution in [3.05, 3.63) is 47.8 Å². The molecule has 3 nitrogen and oxygen atoms in total. The summed E-state index contributed by atoms with van der Waals surface area (Å²) in [7, 11) is 0. The van der Waals surface area contributed by atoms with E-state index in [0.29, 0.717) is 0 Å². The molecule has 1 N–H and O–H groups in total. The van der Waals surface area contributed by atoms with Gasteiger partial charge in [-0.05, 0) is 48.4 Å². The summed E-state index contributed by atoms with van der Waals surface area (Å²) in [5.74, 6) is 0.836. The highest BCUT2D eigenvalue weighted by atomic mass is 32.1. The second-order valence-corrected chi connectivity index (χ2v) is 7.43. The van der Waals surface area contributed by atoms with Gasteiger partial charge in [-0.25, -0.2) is 4.98 Å². The van der Waals surface area contributed by atoms with Crippen LogP contribution < -0.4 is 5.43 Å². The molecule has 0 aliphatic heterocycles. The Morgan fingerprint density at radius 3 is 2.71 bits per heavy atom. The molecule has 2 aromatic carbocycles. The quantitative estimate of drug-likeness (QED) is 0.601. The van der Waals surface area contributed by atoms with Gasteiger partial charge in [-0.3, -0.25) is 5.43 Å². The molecule has 1 aromatic heterocycles. The van der Waals surface area contributed by atoms with Crippen LogP contribution in [0.25, 0.3) is 22.0 Å². The SMILES string of the molecule is CC1CCC(=NNc2nc(-c3ccc4ccccc4c3)cs2)CC1. The molecule has 1 fully saturated rings. The van der Waals surface area contributed by atoms with E-state index in [9.17, 15) is 0 Å². The van der Waals surface area contributed by atoms with Crippen molar-refractivity contribution in [3.63, 3.8) is 0 Å². The van der Waals surface area contributed by atoms with Gasteiger partial charge < -0.3 is 0 Å². The van der Waals surface area contributed by atoms with Crippen molar-refractivity contribution >= 4 is 33.0 Å². The van der Waals surface area contributed by atoms with Gasteiger partial charge in [0.05, 0.1) is 5.69 Å². The van der Waals surface area contributed by atoms with Crippen molar-refractivity contribution in [2.24, 2.45) is 11.0 Å². The molecule has 1 aliphatic carbocycles. The van der Waals surface area contributed by atoms with E-state index in [1.165, 1.54) is 29.3 Å². The van der Waals surface area contributed by atoms with Crippen LogP contribution in [-0.2, 0) is 0 Å². The summed E-state index contributed by atoms with van der Waals surface area (Å²) in [5, 5.41) is 10.0. The van der Waals surface area contributed by atoms with E-state index < -0.39 is 0 Å². The Hall–Kier alpha value is -2.20. The van der Waals surface area contributed by atoms with Crippen molar-refractivity contribution in [3.8, 4) is 11.3 Å². The summed E-state index contributed by atoms with van der Waals surface area (Å²) in [6.07, 6.45) is 4.72. The van der Waals surface area contributed by atoms with Gasteiger partial charge in [0.25, 0.3) is 0 Å². The minimum Gasteiger partial charge on any atom is -0.253 e. The lowest BCUT2D eigenvalue weighted by molar-refractivity contribution is 0.483. The van der Waals surface area contributed by atoms with E-state index in [2.05, 4.69) is 70.3 Å². The van der Waals surface area contributed by atoms with Crippen LogP contribution in [0.5, 0.6) is 0 Å². The first kappa shape index (κ1) is 15.3. The third kappa shape index (κ3) is 3.34. The molecule has 122 valence electrons. The van der Waals surface area contributed by atoms with E-state index in [4.69, 9.17) is 0 Å². The molecule has 3 aromatic rings. The topological polar surface area (TPSA) is 37.3 Å². The van der Waals surface area contributed by atoms with Crippen molar-refractivity contribution < 1.29 is 0 Å². The number of thiazole rings is 1. The molecule has 0 saturated heterocycles. The number of hydrogen-bond acceptors (Lipinski definition) is 4. The van der Waals surface area contributed by atoms with E-state index >= 15 is 0 Å². The minimum absolute atomic E-state index is 0.836. The van der Waals surface area contributed by atoms with Crippen molar-refractivity contribution in [1.29, 1.82) is 0 Å². The molecule has 0 atom stereocenters. The molecular weight excluding hydrogens is 314 g/mol. The molecule has 0 bridgehead atoms. The number of fused-ring (bicyclic) bond motifs is 1. The van der Waals surface area contributed by atoms with Gasteiger partial charge in [0.15, 0.2) is 0 Å². The third-order valence-corrected chi connectivity index (χ3v) is 5.46. The molecule has 0 amide bonds. The highest BCUT2D eigenvalue weighted by molar-refractivity contribution is 7.14. The Kier molecular flexibility index (Phi) is 4.30. The monoisotopic (exact) mass is 335 g/mol. The maximum atomic E-state index is 4.69. The maximum absolute atomic E-state index is 4.69. The highest BCUT2D eigenvalue weighted by Crippen LogP contribution is 2.28. The molecular formula is C20H21N3S.